The van der Waals surface area contributed by atoms with Crippen molar-refractivity contribution in [3.63, 3.8) is 0 Å². The lowest BCUT2D eigenvalue weighted by molar-refractivity contribution is 0.0982. The fourth-order valence-corrected chi connectivity index (χ4v) is 4.83. The minimum absolute atomic E-state index is 0.244. The lowest BCUT2D eigenvalue weighted by Gasteiger charge is -2.35. The van der Waals surface area contributed by atoms with Gasteiger partial charge in [-0.3, -0.25) is 9.69 Å². The Balaban J connectivity index is 1.34. The first-order valence-corrected chi connectivity index (χ1v) is 11.8. The number of anilines is 5. The lowest BCUT2D eigenvalue weighted by Crippen LogP contribution is -2.46. The summed E-state index contributed by atoms with van der Waals surface area (Å²) in [5.74, 6) is 0.733. The lowest BCUT2D eigenvalue weighted by atomic mass is 10.2. The van der Waals surface area contributed by atoms with Crippen LogP contribution in [0, 0.1) is 0 Å². The number of nitrogens with one attached hydrogen (secondary N) is 1. The van der Waals surface area contributed by atoms with Crippen molar-refractivity contribution in [2.75, 3.05) is 67.0 Å². The summed E-state index contributed by atoms with van der Waals surface area (Å²) in [4.78, 5) is 30.4. The van der Waals surface area contributed by atoms with Crippen LogP contribution in [0.4, 0.5) is 28.8 Å². The van der Waals surface area contributed by atoms with E-state index >= 15 is 0 Å². The Morgan fingerprint density at radius 3 is 2.29 bits per heavy atom. The van der Waals surface area contributed by atoms with Gasteiger partial charge in [-0.2, -0.15) is 4.98 Å². The zero-order chi connectivity index (χ0) is 23.8. The van der Waals surface area contributed by atoms with Gasteiger partial charge in [0.1, 0.15) is 11.4 Å². The highest BCUT2D eigenvalue weighted by Crippen LogP contribution is 2.37. The van der Waals surface area contributed by atoms with Gasteiger partial charge >= 0.3 is 0 Å². The molecule has 176 valence electrons. The molecule has 0 atom stereocenters. The van der Waals surface area contributed by atoms with Gasteiger partial charge in [-0.05, 0) is 43.4 Å². The molecule has 34 heavy (non-hydrogen) atoms. The molecule has 0 bridgehead atoms. The number of hydrogen-bond donors (Lipinski definition) is 1. The minimum Gasteiger partial charge on any atom is -0.369 e. The predicted molar refractivity (Wildman–Crippen MR) is 138 cm³/mol. The Morgan fingerprint density at radius 2 is 1.62 bits per heavy atom. The Bertz CT molecular complexity index is 1190. The summed E-state index contributed by atoms with van der Waals surface area (Å²) in [7, 11) is 4.02. The molecule has 0 saturated carbocycles. The first-order chi connectivity index (χ1) is 16.4. The highest BCUT2D eigenvalue weighted by molar-refractivity contribution is 6.40. The van der Waals surface area contributed by atoms with Crippen molar-refractivity contribution in [2.24, 2.45) is 0 Å². The van der Waals surface area contributed by atoms with Gasteiger partial charge in [-0.25, -0.2) is 4.98 Å². The number of benzene rings is 2. The highest BCUT2D eigenvalue weighted by Gasteiger charge is 2.32. The van der Waals surface area contributed by atoms with E-state index in [1.807, 2.05) is 24.1 Å². The van der Waals surface area contributed by atoms with Gasteiger partial charge in [-0.15, -0.1) is 0 Å². The summed E-state index contributed by atoms with van der Waals surface area (Å²) in [5.41, 5.74) is 2.96. The van der Waals surface area contributed by atoms with Crippen LogP contribution in [0.3, 0.4) is 0 Å². The van der Waals surface area contributed by atoms with Crippen LogP contribution in [0.2, 0.25) is 10.0 Å². The van der Waals surface area contributed by atoms with Crippen molar-refractivity contribution in [1.29, 1.82) is 0 Å². The van der Waals surface area contributed by atoms with Gasteiger partial charge in [-0.1, -0.05) is 29.3 Å². The zero-order valence-electron chi connectivity index (χ0n) is 19.0. The monoisotopic (exact) mass is 497 g/mol. The summed E-state index contributed by atoms with van der Waals surface area (Å²) in [6.45, 7) is 4.44. The normalized spacial score (nSPS) is 16.6. The molecule has 1 amide bonds. The quantitative estimate of drug-likeness (QED) is 0.574. The number of para-hydroxylation sites is 1. The molecule has 2 aliphatic heterocycles. The Morgan fingerprint density at radius 1 is 0.941 bits per heavy atom. The largest absolute Gasteiger partial charge is 0.369 e. The molecule has 8 nitrogen and oxygen atoms in total. The van der Waals surface area contributed by atoms with Crippen molar-refractivity contribution in [2.45, 2.75) is 0 Å². The first-order valence-electron chi connectivity index (χ1n) is 11.1. The van der Waals surface area contributed by atoms with E-state index in [9.17, 15) is 4.79 Å². The molecule has 2 aromatic carbocycles. The van der Waals surface area contributed by atoms with E-state index in [2.05, 4.69) is 44.3 Å². The number of nitrogens with zero attached hydrogens (tertiary/aromatic N) is 6. The number of carbonyl (C=O) groups excluding carboxylic acids is 1. The fraction of sp³-hybridized carbons (Fsp3) is 0.292. The molecule has 1 saturated heterocycles. The number of halogens is 2. The molecule has 1 N–H and O–H groups in total. The average molecular weight is 498 g/mol. The molecule has 5 rings (SSSR count). The second-order valence-corrected chi connectivity index (χ2v) is 9.35. The highest BCUT2D eigenvalue weighted by atomic mass is 35.5. The molecular formula is C24H25Cl2N7O. The van der Waals surface area contributed by atoms with Crippen LogP contribution in [0.5, 0.6) is 0 Å². The van der Waals surface area contributed by atoms with Gasteiger partial charge in [0, 0.05) is 50.8 Å². The SMILES string of the molecule is CN1CCN(c2ccc(Nc3ncc4c(n3)N(C)CN(c3c(Cl)cccc3Cl)C4=O)cc2)CC1. The van der Waals surface area contributed by atoms with E-state index < -0.39 is 0 Å². The summed E-state index contributed by atoms with van der Waals surface area (Å²) in [5, 5.41) is 4.07. The Hall–Kier alpha value is -3.07. The van der Waals surface area contributed by atoms with E-state index in [1.165, 1.54) is 5.69 Å². The van der Waals surface area contributed by atoms with Gasteiger partial charge in [0.2, 0.25) is 5.95 Å². The Labute approximate surface area is 208 Å². The van der Waals surface area contributed by atoms with Gasteiger partial charge < -0.3 is 20.0 Å². The van der Waals surface area contributed by atoms with Crippen LogP contribution >= 0.6 is 23.2 Å². The molecule has 3 aromatic rings. The van der Waals surface area contributed by atoms with Crippen LogP contribution in [-0.4, -0.2) is 67.7 Å². The molecular weight excluding hydrogens is 473 g/mol. The summed E-state index contributed by atoms with van der Waals surface area (Å²) in [6.07, 6.45) is 1.54. The van der Waals surface area contributed by atoms with Crippen molar-refractivity contribution in [3.8, 4) is 0 Å². The van der Waals surface area contributed by atoms with Gasteiger partial charge in [0.05, 0.1) is 22.4 Å². The van der Waals surface area contributed by atoms with Crippen LogP contribution in [0.15, 0.2) is 48.7 Å². The third-order valence-electron chi connectivity index (χ3n) is 6.16. The van der Waals surface area contributed by atoms with Crippen molar-refractivity contribution in [3.05, 3.63) is 64.3 Å². The van der Waals surface area contributed by atoms with Gasteiger partial charge in [0.15, 0.2) is 0 Å². The van der Waals surface area contributed by atoms with E-state index in [4.69, 9.17) is 23.2 Å². The van der Waals surface area contributed by atoms with Crippen molar-refractivity contribution < 1.29 is 4.79 Å². The second-order valence-electron chi connectivity index (χ2n) is 8.54. The number of piperazine rings is 1. The average Bonchev–Trinajstić information content (AvgIpc) is 2.83. The molecule has 1 aromatic heterocycles. The number of fused-ring (bicyclic) bond motifs is 1. The smallest absolute Gasteiger partial charge is 0.265 e. The second kappa shape index (κ2) is 9.29. The molecule has 1 fully saturated rings. The summed E-state index contributed by atoms with van der Waals surface area (Å²) < 4.78 is 0. The third kappa shape index (κ3) is 4.36. The molecule has 3 heterocycles. The van der Waals surface area contributed by atoms with Gasteiger partial charge in [0.25, 0.3) is 5.91 Å². The first kappa shape index (κ1) is 22.7. The maximum Gasteiger partial charge on any atom is 0.265 e. The van der Waals surface area contributed by atoms with Crippen LogP contribution in [0.25, 0.3) is 0 Å². The standard InChI is InChI=1S/C24H25Cl2N7O/c1-30-10-12-32(13-11-30)17-8-6-16(7-9-17)28-24-27-14-18-22(29-24)31(2)15-33(23(18)34)21-19(25)4-3-5-20(21)26/h3-9,14H,10-13,15H2,1-2H3,(H,27,28,29). The molecule has 0 unspecified atom stereocenters. The van der Waals surface area contributed by atoms with E-state index in [-0.39, 0.29) is 12.6 Å². The summed E-state index contributed by atoms with van der Waals surface area (Å²) in [6, 6.07) is 13.4. The molecule has 0 spiro atoms. The van der Waals surface area contributed by atoms with E-state index in [0.29, 0.717) is 33.1 Å². The minimum atomic E-state index is -0.244. The maximum absolute atomic E-state index is 13.2. The predicted octanol–water partition coefficient (Wildman–Crippen LogP) is 4.33. The third-order valence-corrected chi connectivity index (χ3v) is 6.77. The Kier molecular flexibility index (Phi) is 6.20. The maximum atomic E-state index is 13.2. The number of rotatable bonds is 4. The molecule has 10 heteroatoms. The summed E-state index contributed by atoms with van der Waals surface area (Å²) >= 11 is 12.7. The van der Waals surface area contributed by atoms with Crippen LogP contribution in [0.1, 0.15) is 10.4 Å². The van der Waals surface area contributed by atoms with Crippen molar-refractivity contribution >= 4 is 57.9 Å². The van der Waals surface area contributed by atoms with E-state index in [1.54, 1.807) is 29.3 Å². The number of amides is 1. The molecule has 0 aliphatic carbocycles. The van der Waals surface area contributed by atoms with Crippen molar-refractivity contribution in [1.82, 2.24) is 14.9 Å². The zero-order valence-corrected chi connectivity index (χ0v) is 20.5. The topological polar surface area (TPSA) is 67.8 Å². The van der Waals surface area contributed by atoms with Crippen LogP contribution in [-0.2, 0) is 0 Å². The fourth-order valence-electron chi connectivity index (χ4n) is 4.23. The number of aromatic nitrogens is 2. The number of likely N-dealkylation sites (N-methyl/N-ethyl adjacent to an activating group) is 1. The van der Waals surface area contributed by atoms with E-state index in [0.717, 1.165) is 31.9 Å². The number of carbonyl (C=O) groups is 1. The number of hydrogen-bond acceptors (Lipinski definition) is 7. The molecule has 0 radical (unpaired) electrons. The molecule has 2 aliphatic rings. The van der Waals surface area contributed by atoms with Crippen LogP contribution < -0.4 is 20.0 Å².